The van der Waals surface area contributed by atoms with Gasteiger partial charge in [-0.25, -0.2) is 0 Å². The first kappa shape index (κ1) is 22.2. The molecule has 0 aliphatic rings. The normalized spacial score (nSPS) is 12.7. The van der Waals surface area contributed by atoms with E-state index in [2.05, 4.69) is 142 Å². The lowest BCUT2D eigenvalue weighted by Crippen LogP contribution is -1.91. The van der Waals surface area contributed by atoms with Gasteiger partial charge in [-0.05, 0) is 45.1 Å². The van der Waals surface area contributed by atoms with Crippen LogP contribution in [0.3, 0.4) is 0 Å². The molecule has 4 heterocycles. The molecular weight excluding hydrogens is 541 g/mol. The van der Waals surface area contributed by atoms with Gasteiger partial charge in [0, 0.05) is 37.7 Å². The number of aromatic nitrogens is 2. The molecule has 0 amide bonds. The van der Waals surface area contributed by atoms with E-state index in [1.165, 1.54) is 96.5 Å². The van der Waals surface area contributed by atoms with Crippen LogP contribution in [0.15, 0.2) is 133 Å². The average molecular weight is 563 g/mol. The summed E-state index contributed by atoms with van der Waals surface area (Å²) in [5.74, 6) is 0. The SMILES string of the molecule is c1ccc2c(c1)c1ccccc1c1c2c2ccccc2n1-c1cc2c3cccc4ccc5c6ccccc6n(c2s1)c5c43. The van der Waals surface area contributed by atoms with Gasteiger partial charge in [0.2, 0.25) is 0 Å². The highest BCUT2D eigenvalue weighted by Crippen LogP contribution is 2.47. The van der Waals surface area contributed by atoms with E-state index in [9.17, 15) is 0 Å². The number of benzene rings is 7. The van der Waals surface area contributed by atoms with Crippen LogP contribution in [0, 0.1) is 0 Å². The zero-order valence-electron chi connectivity index (χ0n) is 23.0. The molecule has 2 nitrogen and oxygen atoms in total. The van der Waals surface area contributed by atoms with Gasteiger partial charge >= 0.3 is 0 Å². The van der Waals surface area contributed by atoms with Crippen LogP contribution in [0.5, 0.6) is 0 Å². The Bertz CT molecular complexity index is 2950. The molecule has 0 spiro atoms. The summed E-state index contributed by atoms with van der Waals surface area (Å²) >= 11 is 1.90. The fourth-order valence-corrected chi connectivity index (χ4v) is 9.17. The lowest BCUT2D eigenvalue weighted by Gasteiger charge is -2.10. The van der Waals surface area contributed by atoms with Gasteiger partial charge in [-0.15, -0.1) is 0 Å². The second-order valence-corrected chi connectivity index (χ2v) is 12.7. The number of para-hydroxylation sites is 2. The first-order valence-electron chi connectivity index (χ1n) is 14.8. The minimum Gasteiger partial charge on any atom is -0.300 e. The fraction of sp³-hybridized carbons (Fsp3) is 0. The molecule has 0 saturated heterocycles. The average Bonchev–Trinajstić information content (AvgIpc) is 3.75. The number of nitrogens with zero attached hydrogens (tertiary/aromatic N) is 2. The third-order valence-corrected chi connectivity index (χ3v) is 10.7. The maximum atomic E-state index is 2.54. The van der Waals surface area contributed by atoms with Crippen LogP contribution in [-0.2, 0) is 0 Å². The van der Waals surface area contributed by atoms with E-state index in [0.717, 1.165) is 0 Å². The highest BCUT2D eigenvalue weighted by molar-refractivity contribution is 7.21. The first-order valence-corrected chi connectivity index (χ1v) is 15.6. The lowest BCUT2D eigenvalue weighted by atomic mass is 9.97. The van der Waals surface area contributed by atoms with Gasteiger partial charge in [0.25, 0.3) is 0 Å². The smallest absolute Gasteiger partial charge is 0.110 e. The van der Waals surface area contributed by atoms with E-state index >= 15 is 0 Å². The standard InChI is InChI=1S/C40H22N2S/c1-3-14-27-24(11-1)25-12-2-4-15-29(25)39-37(27)31-16-6-8-19-34(31)41(39)35-22-32-28-17-9-10-23-20-21-30-26-13-5-7-18-33(26)42(40(32)43-35)38(30)36(23)28/h1-22H. The van der Waals surface area contributed by atoms with Crippen molar-refractivity contribution in [3.8, 4) is 5.00 Å². The number of fused-ring (bicyclic) bond motifs is 14. The molecule has 4 aromatic heterocycles. The van der Waals surface area contributed by atoms with Crippen molar-refractivity contribution in [3.63, 3.8) is 0 Å². The van der Waals surface area contributed by atoms with Crippen molar-refractivity contribution in [2.24, 2.45) is 0 Å². The van der Waals surface area contributed by atoms with Crippen molar-refractivity contribution in [2.75, 3.05) is 0 Å². The molecule has 3 heteroatoms. The summed E-state index contributed by atoms with van der Waals surface area (Å²) in [6, 6.07) is 49.4. The van der Waals surface area contributed by atoms with Gasteiger partial charge in [0.1, 0.15) is 9.83 Å². The molecule has 0 aliphatic heterocycles. The molecular formula is C40H22N2S. The summed E-state index contributed by atoms with van der Waals surface area (Å²) in [4.78, 5) is 1.29. The summed E-state index contributed by atoms with van der Waals surface area (Å²) in [5.41, 5.74) is 5.13. The summed E-state index contributed by atoms with van der Waals surface area (Å²) in [6.07, 6.45) is 0. The van der Waals surface area contributed by atoms with Gasteiger partial charge in [-0.3, -0.25) is 8.97 Å². The molecule has 7 aromatic carbocycles. The largest absolute Gasteiger partial charge is 0.300 e. The number of thiophene rings is 1. The molecule has 0 aliphatic carbocycles. The molecule has 11 aromatic rings. The van der Waals surface area contributed by atoms with Crippen LogP contribution >= 0.6 is 11.3 Å². The Kier molecular flexibility index (Phi) is 3.99. The Balaban J connectivity index is 1.41. The molecule has 0 N–H and O–H groups in total. The molecule has 198 valence electrons. The summed E-state index contributed by atoms with van der Waals surface area (Å²) in [6.45, 7) is 0. The Morgan fingerprint density at radius 1 is 0.395 bits per heavy atom. The first-order chi connectivity index (χ1) is 21.4. The van der Waals surface area contributed by atoms with E-state index in [-0.39, 0.29) is 0 Å². The van der Waals surface area contributed by atoms with Gasteiger partial charge in [0.15, 0.2) is 0 Å². The summed E-state index contributed by atoms with van der Waals surface area (Å²) in [7, 11) is 0. The minimum atomic E-state index is 1.24. The molecule has 0 fully saturated rings. The summed E-state index contributed by atoms with van der Waals surface area (Å²) < 4.78 is 5.07. The Morgan fingerprint density at radius 2 is 1.00 bits per heavy atom. The molecule has 0 saturated carbocycles. The second kappa shape index (κ2) is 7.71. The van der Waals surface area contributed by atoms with Crippen LogP contribution in [0.25, 0.3) is 96.5 Å². The quantitative estimate of drug-likeness (QED) is 0.176. The van der Waals surface area contributed by atoms with Crippen molar-refractivity contribution < 1.29 is 0 Å². The highest BCUT2D eigenvalue weighted by atomic mass is 32.1. The van der Waals surface area contributed by atoms with E-state index < -0.39 is 0 Å². The van der Waals surface area contributed by atoms with Crippen LogP contribution in [0.4, 0.5) is 0 Å². The van der Waals surface area contributed by atoms with E-state index in [0.29, 0.717) is 0 Å². The van der Waals surface area contributed by atoms with Crippen molar-refractivity contribution >= 4 is 103 Å². The summed E-state index contributed by atoms with van der Waals surface area (Å²) in [5, 5.41) is 17.0. The monoisotopic (exact) mass is 562 g/mol. The van der Waals surface area contributed by atoms with Crippen molar-refractivity contribution in [3.05, 3.63) is 133 Å². The molecule has 0 radical (unpaired) electrons. The molecule has 0 atom stereocenters. The van der Waals surface area contributed by atoms with E-state index in [1.54, 1.807) is 0 Å². The third-order valence-electron chi connectivity index (χ3n) is 9.63. The molecule has 43 heavy (non-hydrogen) atoms. The van der Waals surface area contributed by atoms with Crippen molar-refractivity contribution in [1.82, 2.24) is 8.97 Å². The Hall–Kier alpha value is -5.38. The van der Waals surface area contributed by atoms with Crippen LogP contribution < -0.4 is 0 Å². The highest BCUT2D eigenvalue weighted by Gasteiger charge is 2.23. The number of pyridine rings is 1. The van der Waals surface area contributed by atoms with E-state index in [4.69, 9.17) is 0 Å². The topological polar surface area (TPSA) is 9.34 Å². The zero-order valence-corrected chi connectivity index (χ0v) is 23.8. The second-order valence-electron chi connectivity index (χ2n) is 11.7. The Labute approximate surface area is 249 Å². The van der Waals surface area contributed by atoms with Crippen LogP contribution in [0.1, 0.15) is 0 Å². The lowest BCUT2D eigenvalue weighted by molar-refractivity contribution is 1.23. The predicted octanol–water partition coefficient (Wildman–Crippen LogP) is 11.5. The number of hydrogen-bond donors (Lipinski definition) is 0. The van der Waals surface area contributed by atoms with Crippen molar-refractivity contribution in [2.45, 2.75) is 0 Å². The van der Waals surface area contributed by atoms with Gasteiger partial charge in [-0.1, -0.05) is 127 Å². The van der Waals surface area contributed by atoms with Gasteiger partial charge < -0.3 is 0 Å². The van der Waals surface area contributed by atoms with Crippen LogP contribution in [-0.4, -0.2) is 8.97 Å². The minimum absolute atomic E-state index is 1.24. The Morgan fingerprint density at radius 3 is 1.84 bits per heavy atom. The maximum Gasteiger partial charge on any atom is 0.110 e. The van der Waals surface area contributed by atoms with Crippen molar-refractivity contribution in [1.29, 1.82) is 0 Å². The number of rotatable bonds is 1. The van der Waals surface area contributed by atoms with Gasteiger partial charge in [0.05, 0.1) is 22.1 Å². The van der Waals surface area contributed by atoms with Crippen LogP contribution in [0.2, 0.25) is 0 Å². The van der Waals surface area contributed by atoms with Gasteiger partial charge in [-0.2, -0.15) is 0 Å². The van der Waals surface area contributed by atoms with E-state index in [1.807, 2.05) is 11.3 Å². The third kappa shape index (κ3) is 2.61. The molecule has 11 rings (SSSR count). The molecule has 0 bridgehead atoms. The number of hydrogen-bond acceptors (Lipinski definition) is 1. The fourth-order valence-electron chi connectivity index (χ4n) is 7.96. The zero-order chi connectivity index (χ0) is 27.8. The maximum absolute atomic E-state index is 2.54. The molecule has 0 unspecified atom stereocenters. The predicted molar refractivity (Wildman–Crippen MR) is 186 cm³/mol.